The van der Waals surface area contributed by atoms with Gasteiger partial charge >= 0.3 is 6.18 Å². The molecule has 1 atom stereocenters. The normalized spacial score (nSPS) is 20.8. The Morgan fingerprint density at radius 3 is 2.61 bits per heavy atom. The average molecular weight is 263 g/mol. The van der Waals surface area contributed by atoms with Crippen LogP contribution >= 0.6 is 0 Å². The summed E-state index contributed by atoms with van der Waals surface area (Å²) in [5.41, 5.74) is -1.01. The van der Waals surface area contributed by atoms with Crippen molar-refractivity contribution in [1.82, 2.24) is 5.32 Å². The van der Waals surface area contributed by atoms with Gasteiger partial charge in [-0.05, 0) is 37.6 Å². The minimum Gasteiger partial charge on any atom is -0.486 e. The molecule has 0 saturated carbocycles. The van der Waals surface area contributed by atoms with Gasteiger partial charge in [0.05, 0.1) is 5.56 Å². The molecule has 18 heavy (non-hydrogen) atoms. The highest BCUT2D eigenvalue weighted by Gasteiger charge is 2.31. The van der Waals surface area contributed by atoms with Crippen molar-refractivity contribution in [3.8, 4) is 5.75 Å². The van der Waals surface area contributed by atoms with Crippen LogP contribution in [-0.2, 0) is 6.18 Å². The first kappa shape index (κ1) is 13.1. The van der Waals surface area contributed by atoms with Gasteiger partial charge in [-0.2, -0.15) is 13.2 Å². The molecule has 100 valence electrons. The van der Waals surface area contributed by atoms with Crippen LogP contribution in [0.4, 0.5) is 17.6 Å². The number of benzene rings is 1. The van der Waals surface area contributed by atoms with E-state index in [2.05, 4.69) is 5.32 Å². The van der Waals surface area contributed by atoms with Gasteiger partial charge in [0.25, 0.3) is 0 Å². The maximum absolute atomic E-state index is 13.5. The maximum Gasteiger partial charge on any atom is 0.416 e. The van der Waals surface area contributed by atoms with Crippen molar-refractivity contribution in [3.63, 3.8) is 0 Å². The number of halogens is 4. The Hall–Kier alpha value is -1.30. The number of alkyl halides is 3. The molecule has 1 aliphatic rings. The van der Waals surface area contributed by atoms with Gasteiger partial charge in [-0.3, -0.25) is 0 Å². The Bertz CT molecular complexity index is 413. The zero-order valence-corrected chi connectivity index (χ0v) is 9.56. The third kappa shape index (κ3) is 3.13. The van der Waals surface area contributed by atoms with E-state index in [0.717, 1.165) is 31.5 Å². The standard InChI is InChI=1S/C12H13F4NO/c13-10-6-8(12(14,15)16)3-4-11(10)18-9-2-1-5-17-7-9/h3-4,6,9,17H,1-2,5,7H2. The van der Waals surface area contributed by atoms with Crippen molar-refractivity contribution in [2.24, 2.45) is 0 Å². The van der Waals surface area contributed by atoms with E-state index in [1.165, 1.54) is 0 Å². The van der Waals surface area contributed by atoms with Gasteiger partial charge in [-0.15, -0.1) is 0 Å². The first-order valence-electron chi connectivity index (χ1n) is 5.71. The molecular weight excluding hydrogens is 250 g/mol. The van der Waals surface area contributed by atoms with Crippen molar-refractivity contribution in [1.29, 1.82) is 0 Å². The van der Waals surface area contributed by atoms with Crippen molar-refractivity contribution in [2.45, 2.75) is 25.1 Å². The minimum atomic E-state index is -4.54. The molecular formula is C12H13F4NO. The van der Waals surface area contributed by atoms with Gasteiger partial charge in [0.15, 0.2) is 11.6 Å². The summed E-state index contributed by atoms with van der Waals surface area (Å²) in [7, 11) is 0. The molecule has 6 heteroatoms. The number of hydrogen-bond donors (Lipinski definition) is 1. The third-order valence-corrected chi connectivity index (χ3v) is 2.80. The molecule has 1 saturated heterocycles. The molecule has 1 fully saturated rings. The fourth-order valence-electron chi connectivity index (χ4n) is 1.87. The van der Waals surface area contributed by atoms with Gasteiger partial charge in [0.2, 0.25) is 0 Å². The van der Waals surface area contributed by atoms with E-state index >= 15 is 0 Å². The second kappa shape index (κ2) is 5.14. The van der Waals surface area contributed by atoms with Crippen LogP contribution in [0.15, 0.2) is 18.2 Å². The summed E-state index contributed by atoms with van der Waals surface area (Å²) >= 11 is 0. The van der Waals surface area contributed by atoms with Crippen LogP contribution in [0, 0.1) is 5.82 Å². The molecule has 0 bridgehead atoms. The Morgan fingerprint density at radius 2 is 2.06 bits per heavy atom. The molecule has 1 aromatic carbocycles. The third-order valence-electron chi connectivity index (χ3n) is 2.80. The van der Waals surface area contributed by atoms with Gasteiger partial charge in [-0.25, -0.2) is 4.39 Å². The molecule has 2 nitrogen and oxygen atoms in total. The molecule has 0 aromatic heterocycles. The highest BCUT2D eigenvalue weighted by Crippen LogP contribution is 2.32. The Labute approximate surface area is 102 Å². The van der Waals surface area contributed by atoms with Crippen molar-refractivity contribution >= 4 is 0 Å². The Morgan fingerprint density at radius 1 is 1.28 bits per heavy atom. The summed E-state index contributed by atoms with van der Waals surface area (Å²) in [5.74, 6) is -1.10. The van der Waals surface area contributed by atoms with Crippen LogP contribution in [0.5, 0.6) is 5.75 Å². The van der Waals surface area contributed by atoms with E-state index in [-0.39, 0.29) is 11.9 Å². The number of piperidine rings is 1. The quantitative estimate of drug-likeness (QED) is 0.828. The fourth-order valence-corrected chi connectivity index (χ4v) is 1.87. The van der Waals surface area contributed by atoms with Crippen LogP contribution < -0.4 is 10.1 Å². The highest BCUT2D eigenvalue weighted by atomic mass is 19.4. The summed E-state index contributed by atoms with van der Waals surface area (Å²) < 4.78 is 55.9. The van der Waals surface area contributed by atoms with Gasteiger partial charge in [0.1, 0.15) is 6.10 Å². The maximum atomic E-state index is 13.5. The second-order valence-corrected chi connectivity index (χ2v) is 4.23. The van der Waals surface area contributed by atoms with Crippen molar-refractivity contribution in [3.05, 3.63) is 29.6 Å². The lowest BCUT2D eigenvalue weighted by atomic mass is 10.1. The average Bonchev–Trinajstić information content (AvgIpc) is 2.32. The zero-order valence-electron chi connectivity index (χ0n) is 9.56. The summed E-state index contributed by atoms with van der Waals surface area (Å²) in [6.07, 6.45) is -3.04. The summed E-state index contributed by atoms with van der Waals surface area (Å²) in [6, 6.07) is 2.33. The number of nitrogens with one attached hydrogen (secondary N) is 1. The first-order chi connectivity index (χ1) is 8.47. The van der Waals surface area contributed by atoms with Crippen molar-refractivity contribution in [2.75, 3.05) is 13.1 Å². The summed E-state index contributed by atoms with van der Waals surface area (Å²) in [6.45, 7) is 1.47. The fraction of sp³-hybridized carbons (Fsp3) is 0.500. The SMILES string of the molecule is Fc1cc(C(F)(F)F)ccc1OC1CCCNC1. The van der Waals surface area contributed by atoms with E-state index in [0.29, 0.717) is 12.6 Å². The molecule has 1 unspecified atom stereocenters. The van der Waals surface area contributed by atoms with Crippen molar-refractivity contribution < 1.29 is 22.3 Å². The number of rotatable bonds is 2. The predicted molar refractivity (Wildman–Crippen MR) is 57.9 cm³/mol. The van der Waals surface area contributed by atoms with E-state index in [1.807, 2.05) is 0 Å². The Kier molecular flexibility index (Phi) is 3.75. The summed E-state index contributed by atoms with van der Waals surface area (Å²) in [5, 5.41) is 3.08. The lowest BCUT2D eigenvalue weighted by Gasteiger charge is -2.24. The topological polar surface area (TPSA) is 21.3 Å². The molecule has 0 amide bonds. The van der Waals surface area contributed by atoms with Crippen LogP contribution in [0.25, 0.3) is 0 Å². The predicted octanol–water partition coefficient (Wildman–Crippen LogP) is 2.98. The molecule has 1 N–H and O–H groups in total. The molecule has 2 rings (SSSR count). The number of hydrogen-bond acceptors (Lipinski definition) is 2. The van der Waals surface area contributed by atoms with E-state index < -0.39 is 17.6 Å². The second-order valence-electron chi connectivity index (χ2n) is 4.23. The van der Waals surface area contributed by atoms with E-state index in [1.54, 1.807) is 0 Å². The van der Waals surface area contributed by atoms with Crippen LogP contribution in [0.3, 0.4) is 0 Å². The van der Waals surface area contributed by atoms with E-state index in [9.17, 15) is 17.6 Å². The molecule has 1 aromatic rings. The van der Waals surface area contributed by atoms with Gasteiger partial charge in [-0.1, -0.05) is 0 Å². The zero-order chi connectivity index (χ0) is 13.2. The summed E-state index contributed by atoms with van der Waals surface area (Å²) in [4.78, 5) is 0. The lowest BCUT2D eigenvalue weighted by molar-refractivity contribution is -0.137. The molecule has 1 heterocycles. The highest BCUT2D eigenvalue weighted by molar-refractivity contribution is 5.31. The van der Waals surface area contributed by atoms with Gasteiger partial charge in [0, 0.05) is 6.54 Å². The molecule has 1 aliphatic heterocycles. The minimum absolute atomic E-state index is 0.128. The lowest BCUT2D eigenvalue weighted by Crippen LogP contribution is -2.37. The van der Waals surface area contributed by atoms with Crippen LogP contribution in [-0.4, -0.2) is 19.2 Å². The largest absolute Gasteiger partial charge is 0.486 e. The molecule has 0 spiro atoms. The molecule has 0 radical (unpaired) electrons. The monoisotopic (exact) mass is 263 g/mol. The van der Waals surface area contributed by atoms with Crippen LogP contribution in [0.1, 0.15) is 18.4 Å². The number of ether oxygens (including phenoxy) is 1. The first-order valence-corrected chi connectivity index (χ1v) is 5.71. The Balaban J connectivity index is 2.09. The smallest absolute Gasteiger partial charge is 0.416 e. The molecule has 0 aliphatic carbocycles. The van der Waals surface area contributed by atoms with E-state index in [4.69, 9.17) is 4.74 Å². The van der Waals surface area contributed by atoms with Gasteiger partial charge < -0.3 is 10.1 Å². The van der Waals surface area contributed by atoms with Crippen LogP contribution in [0.2, 0.25) is 0 Å².